The Morgan fingerprint density at radius 3 is 2.72 bits per heavy atom. The predicted molar refractivity (Wildman–Crippen MR) is 65.1 cm³/mol. The summed E-state index contributed by atoms with van der Waals surface area (Å²) < 4.78 is 0. The maximum absolute atomic E-state index is 11.9. The van der Waals surface area contributed by atoms with Gasteiger partial charge in [-0.3, -0.25) is 24.7 Å². The summed E-state index contributed by atoms with van der Waals surface area (Å²) in [6.45, 7) is 1.46. The number of rotatable bonds is 2. The molecule has 3 N–H and O–H groups in total. The molecule has 1 aliphatic heterocycles. The second-order valence-electron chi connectivity index (χ2n) is 3.82. The normalized spacial score (nSPS) is 15.6. The summed E-state index contributed by atoms with van der Waals surface area (Å²) >= 11 is 5.98. The minimum Gasteiger partial charge on any atom is -0.292 e. The standard InChI is InChI=1S/C11H10ClN3O3/c1-5(10(17)14-13)15-8-6(9(16)11(15)18)3-2-4-7(8)12/h2-5H,13H2,1H3,(H,14,17). The summed E-state index contributed by atoms with van der Waals surface area (Å²) in [6.07, 6.45) is 0. The van der Waals surface area contributed by atoms with Crippen molar-refractivity contribution in [3.63, 3.8) is 0 Å². The molecule has 2 rings (SSSR count). The Morgan fingerprint density at radius 1 is 1.44 bits per heavy atom. The van der Waals surface area contributed by atoms with E-state index in [1.165, 1.54) is 13.0 Å². The number of halogens is 1. The Balaban J connectivity index is 2.55. The summed E-state index contributed by atoms with van der Waals surface area (Å²) in [6, 6.07) is 3.71. The van der Waals surface area contributed by atoms with Gasteiger partial charge in [0.2, 0.25) is 0 Å². The summed E-state index contributed by atoms with van der Waals surface area (Å²) in [5, 5.41) is 0.239. The molecule has 1 heterocycles. The van der Waals surface area contributed by atoms with Gasteiger partial charge in [0.15, 0.2) is 0 Å². The molecule has 1 aliphatic rings. The van der Waals surface area contributed by atoms with Gasteiger partial charge in [-0.1, -0.05) is 17.7 Å². The van der Waals surface area contributed by atoms with E-state index in [1.54, 1.807) is 12.1 Å². The van der Waals surface area contributed by atoms with Crippen molar-refractivity contribution >= 4 is 34.9 Å². The van der Waals surface area contributed by atoms with E-state index in [0.29, 0.717) is 0 Å². The van der Waals surface area contributed by atoms with E-state index < -0.39 is 23.6 Å². The molecule has 18 heavy (non-hydrogen) atoms. The van der Waals surface area contributed by atoms with Crippen molar-refractivity contribution in [3.05, 3.63) is 28.8 Å². The number of anilines is 1. The number of carbonyl (C=O) groups excluding carboxylic acids is 3. The van der Waals surface area contributed by atoms with Crippen LogP contribution in [0.3, 0.4) is 0 Å². The van der Waals surface area contributed by atoms with Gasteiger partial charge in [0, 0.05) is 0 Å². The van der Waals surface area contributed by atoms with Gasteiger partial charge in [-0.25, -0.2) is 5.84 Å². The number of nitrogens with two attached hydrogens (primary N) is 1. The van der Waals surface area contributed by atoms with Crippen LogP contribution in [0.1, 0.15) is 17.3 Å². The highest BCUT2D eigenvalue weighted by molar-refractivity contribution is 6.54. The minimum absolute atomic E-state index is 0.198. The van der Waals surface area contributed by atoms with Gasteiger partial charge in [0.25, 0.3) is 17.6 Å². The lowest BCUT2D eigenvalue weighted by Gasteiger charge is -2.23. The predicted octanol–water partition coefficient (Wildman–Crippen LogP) is 0.248. The molecule has 0 radical (unpaired) electrons. The number of carbonyl (C=O) groups is 3. The number of hydrazine groups is 1. The molecule has 1 aromatic rings. The molecule has 0 fully saturated rings. The van der Waals surface area contributed by atoms with Gasteiger partial charge in [-0.2, -0.15) is 0 Å². The fourth-order valence-electron chi connectivity index (χ4n) is 1.88. The highest BCUT2D eigenvalue weighted by Gasteiger charge is 2.41. The van der Waals surface area contributed by atoms with Crippen LogP contribution in [0, 0.1) is 0 Å². The number of Topliss-reactive ketones (excluding diaryl/α,β-unsaturated/α-hetero) is 1. The molecule has 1 unspecified atom stereocenters. The third-order valence-corrected chi connectivity index (χ3v) is 3.10. The van der Waals surface area contributed by atoms with Crippen LogP contribution in [-0.2, 0) is 9.59 Å². The third-order valence-electron chi connectivity index (χ3n) is 2.79. The van der Waals surface area contributed by atoms with Crippen LogP contribution < -0.4 is 16.2 Å². The lowest BCUT2D eigenvalue weighted by atomic mass is 10.1. The zero-order chi connectivity index (χ0) is 13.4. The van der Waals surface area contributed by atoms with E-state index in [9.17, 15) is 14.4 Å². The number of amides is 2. The molecule has 1 aromatic carbocycles. The molecule has 0 aromatic heterocycles. The first kappa shape index (κ1) is 12.5. The first-order valence-corrected chi connectivity index (χ1v) is 5.53. The van der Waals surface area contributed by atoms with E-state index in [0.717, 1.165) is 4.90 Å². The molecule has 0 saturated carbocycles. The summed E-state index contributed by atoms with van der Waals surface area (Å²) in [4.78, 5) is 36.2. The number of nitrogens with zero attached hydrogens (tertiary/aromatic N) is 1. The zero-order valence-electron chi connectivity index (χ0n) is 9.44. The smallest absolute Gasteiger partial charge is 0.292 e. The van der Waals surface area contributed by atoms with Crippen LogP contribution in [-0.4, -0.2) is 23.6 Å². The third kappa shape index (κ3) is 1.66. The molecule has 0 bridgehead atoms. The Morgan fingerprint density at radius 2 is 2.11 bits per heavy atom. The van der Waals surface area contributed by atoms with Gasteiger partial charge in [-0.15, -0.1) is 0 Å². The van der Waals surface area contributed by atoms with E-state index in [1.807, 2.05) is 5.43 Å². The van der Waals surface area contributed by atoms with Crippen molar-refractivity contribution in [2.75, 3.05) is 4.90 Å². The molecule has 1 atom stereocenters. The number of hydrogen-bond donors (Lipinski definition) is 2. The second kappa shape index (κ2) is 4.40. The Hall–Kier alpha value is -1.92. The highest BCUT2D eigenvalue weighted by Crippen LogP contribution is 2.36. The van der Waals surface area contributed by atoms with Gasteiger partial charge in [-0.05, 0) is 19.1 Å². The first-order chi connectivity index (χ1) is 8.49. The van der Waals surface area contributed by atoms with Gasteiger partial charge < -0.3 is 0 Å². The number of ketones is 1. The van der Waals surface area contributed by atoms with E-state index in [2.05, 4.69) is 0 Å². The number of hydrogen-bond acceptors (Lipinski definition) is 4. The monoisotopic (exact) mass is 267 g/mol. The number of fused-ring (bicyclic) bond motifs is 1. The molecule has 0 saturated heterocycles. The van der Waals surface area contributed by atoms with Crippen molar-refractivity contribution in [3.8, 4) is 0 Å². The van der Waals surface area contributed by atoms with Crippen LogP contribution >= 0.6 is 11.6 Å². The van der Waals surface area contributed by atoms with Crippen LogP contribution in [0.25, 0.3) is 0 Å². The Kier molecular flexibility index (Phi) is 3.06. The van der Waals surface area contributed by atoms with E-state index in [-0.39, 0.29) is 16.3 Å². The largest absolute Gasteiger partial charge is 0.300 e. The Labute approximate surface area is 108 Å². The molecule has 0 aliphatic carbocycles. The molecule has 6 nitrogen and oxygen atoms in total. The van der Waals surface area contributed by atoms with Crippen molar-refractivity contribution in [1.29, 1.82) is 0 Å². The van der Waals surface area contributed by atoms with Crippen molar-refractivity contribution in [2.45, 2.75) is 13.0 Å². The molecule has 7 heteroatoms. The minimum atomic E-state index is -0.910. The van der Waals surface area contributed by atoms with E-state index in [4.69, 9.17) is 17.4 Å². The summed E-state index contributed by atoms with van der Waals surface area (Å²) in [5.41, 5.74) is 2.39. The SMILES string of the molecule is CC(C(=O)NN)N1C(=O)C(=O)c2cccc(Cl)c21. The topological polar surface area (TPSA) is 92.5 Å². The highest BCUT2D eigenvalue weighted by atomic mass is 35.5. The number of benzene rings is 1. The summed E-state index contributed by atoms with van der Waals surface area (Å²) in [7, 11) is 0. The van der Waals surface area contributed by atoms with E-state index >= 15 is 0 Å². The maximum Gasteiger partial charge on any atom is 0.300 e. The fraction of sp³-hybridized carbons (Fsp3) is 0.182. The number of nitrogens with one attached hydrogen (secondary N) is 1. The first-order valence-electron chi connectivity index (χ1n) is 5.16. The average molecular weight is 268 g/mol. The van der Waals surface area contributed by atoms with Crippen LogP contribution in [0.4, 0.5) is 5.69 Å². The zero-order valence-corrected chi connectivity index (χ0v) is 10.2. The fourth-order valence-corrected chi connectivity index (χ4v) is 2.14. The maximum atomic E-state index is 11.9. The quantitative estimate of drug-likeness (QED) is 0.348. The summed E-state index contributed by atoms with van der Waals surface area (Å²) in [5.74, 6) is 2.98. The van der Waals surface area contributed by atoms with Crippen molar-refractivity contribution in [1.82, 2.24) is 5.43 Å². The molecule has 0 spiro atoms. The van der Waals surface area contributed by atoms with Gasteiger partial charge in [0.1, 0.15) is 6.04 Å². The molecular weight excluding hydrogens is 258 g/mol. The molecular formula is C11H10ClN3O3. The average Bonchev–Trinajstić information content (AvgIpc) is 2.62. The molecule has 94 valence electrons. The van der Waals surface area contributed by atoms with Crippen molar-refractivity contribution in [2.24, 2.45) is 5.84 Å². The van der Waals surface area contributed by atoms with Gasteiger partial charge in [0.05, 0.1) is 16.3 Å². The van der Waals surface area contributed by atoms with Crippen LogP contribution in [0.5, 0.6) is 0 Å². The lowest BCUT2D eigenvalue weighted by molar-refractivity contribution is -0.124. The Bertz CT molecular complexity index is 558. The second-order valence-corrected chi connectivity index (χ2v) is 4.23. The van der Waals surface area contributed by atoms with Crippen LogP contribution in [0.15, 0.2) is 18.2 Å². The van der Waals surface area contributed by atoms with Gasteiger partial charge >= 0.3 is 0 Å². The number of para-hydroxylation sites is 1. The van der Waals surface area contributed by atoms with Crippen LogP contribution in [0.2, 0.25) is 5.02 Å². The molecule has 2 amide bonds. The van der Waals surface area contributed by atoms with Crippen molar-refractivity contribution < 1.29 is 14.4 Å². The lowest BCUT2D eigenvalue weighted by Crippen LogP contribution is -2.49.